The van der Waals surface area contributed by atoms with Crippen LogP contribution < -0.4 is 10.6 Å². The molecule has 172 valence electrons. The van der Waals surface area contributed by atoms with Crippen LogP contribution in [0.2, 0.25) is 0 Å². The van der Waals surface area contributed by atoms with Crippen LogP contribution in [0, 0.1) is 0 Å². The Morgan fingerprint density at radius 2 is 1.78 bits per heavy atom. The molecule has 1 heterocycles. The minimum absolute atomic E-state index is 0.0166. The molecule has 0 radical (unpaired) electrons. The van der Waals surface area contributed by atoms with Crippen molar-refractivity contribution < 1.29 is 28.1 Å². The first-order valence-corrected chi connectivity index (χ1v) is 10.3. The number of hydrogen-bond donors (Lipinski definition) is 3. The summed E-state index contributed by atoms with van der Waals surface area (Å²) in [6.07, 6.45) is -1.97. The van der Waals surface area contributed by atoms with Crippen molar-refractivity contribution in [1.82, 2.24) is 0 Å². The summed E-state index contributed by atoms with van der Waals surface area (Å²) in [4.78, 5) is 2.07. The lowest BCUT2D eigenvalue weighted by Crippen LogP contribution is -2.24. The minimum atomic E-state index is -4.39. The molecule has 8 heteroatoms. The second kappa shape index (κ2) is 10.1. The molecule has 0 saturated carbocycles. The van der Waals surface area contributed by atoms with Crippen molar-refractivity contribution in [1.29, 1.82) is 0 Å². The number of halogens is 3. The fraction of sp³-hybridized carbons (Fsp3) is 0.333. The average Bonchev–Trinajstić information content (AvgIpc) is 3.24. The van der Waals surface area contributed by atoms with E-state index in [1.54, 1.807) is 0 Å². The predicted molar refractivity (Wildman–Crippen MR) is 118 cm³/mol. The molecule has 1 aliphatic heterocycles. The van der Waals surface area contributed by atoms with E-state index in [2.05, 4.69) is 4.90 Å². The zero-order valence-corrected chi connectivity index (χ0v) is 17.8. The maximum absolute atomic E-state index is 12.6. The Balaban J connectivity index is 1.68. The van der Waals surface area contributed by atoms with Gasteiger partial charge in [0.1, 0.15) is 6.10 Å². The fourth-order valence-corrected chi connectivity index (χ4v) is 3.58. The van der Waals surface area contributed by atoms with E-state index in [9.17, 15) is 23.4 Å². The third-order valence-electron chi connectivity index (χ3n) is 5.45. The molecule has 32 heavy (non-hydrogen) atoms. The van der Waals surface area contributed by atoms with Crippen LogP contribution in [-0.4, -0.2) is 35.6 Å². The number of allylic oxidation sites excluding steroid dienone is 3. The van der Waals surface area contributed by atoms with E-state index in [0.717, 1.165) is 47.0 Å². The molecule has 4 N–H and O–H groups in total. The Kier molecular flexibility index (Phi) is 7.48. The summed E-state index contributed by atoms with van der Waals surface area (Å²) in [5.74, 6) is -0.0653. The number of aliphatic hydroxyl groups excluding tert-OH is 2. The van der Waals surface area contributed by atoms with Crippen molar-refractivity contribution in [2.75, 3.05) is 18.0 Å². The van der Waals surface area contributed by atoms with Gasteiger partial charge in [-0.25, -0.2) is 0 Å². The highest BCUT2D eigenvalue weighted by Gasteiger charge is 2.29. The SMILES string of the molecule is C/C(=C\C=C(/N)O[C@H]1CCN(c2ccc(-c3ccc(CO)cc3)cc2CO)C1)C(F)(F)F. The van der Waals surface area contributed by atoms with Crippen molar-refractivity contribution in [2.45, 2.75) is 38.8 Å². The summed E-state index contributed by atoms with van der Waals surface area (Å²) in [6.45, 7) is 2.00. The number of nitrogens with zero attached hydrogens (tertiary/aromatic N) is 1. The Hall–Kier alpha value is -2.97. The monoisotopic (exact) mass is 448 g/mol. The van der Waals surface area contributed by atoms with Crippen LogP contribution in [0.3, 0.4) is 0 Å². The quantitative estimate of drug-likeness (QED) is 0.436. The highest BCUT2D eigenvalue weighted by Crippen LogP contribution is 2.31. The van der Waals surface area contributed by atoms with Crippen LogP contribution in [0.25, 0.3) is 11.1 Å². The molecule has 0 bridgehead atoms. The molecule has 1 aliphatic rings. The van der Waals surface area contributed by atoms with Gasteiger partial charge in [-0.3, -0.25) is 0 Å². The Morgan fingerprint density at radius 1 is 1.09 bits per heavy atom. The largest absolute Gasteiger partial charge is 0.474 e. The number of aliphatic hydroxyl groups is 2. The van der Waals surface area contributed by atoms with Gasteiger partial charge in [-0.15, -0.1) is 0 Å². The molecule has 3 rings (SSSR count). The lowest BCUT2D eigenvalue weighted by molar-refractivity contribution is -0.0913. The highest BCUT2D eigenvalue weighted by atomic mass is 19.4. The van der Waals surface area contributed by atoms with Crippen molar-refractivity contribution >= 4 is 5.69 Å². The van der Waals surface area contributed by atoms with Gasteiger partial charge >= 0.3 is 6.18 Å². The average molecular weight is 448 g/mol. The van der Waals surface area contributed by atoms with Gasteiger partial charge in [0.05, 0.1) is 19.8 Å². The molecule has 2 aromatic rings. The van der Waals surface area contributed by atoms with E-state index < -0.39 is 11.7 Å². The smallest absolute Gasteiger partial charge is 0.412 e. The molecule has 1 fully saturated rings. The number of hydrogen-bond acceptors (Lipinski definition) is 5. The first-order chi connectivity index (χ1) is 15.2. The summed E-state index contributed by atoms with van der Waals surface area (Å²) in [5.41, 5.74) is 9.39. The molecule has 0 spiro atoms. The zero-order chi connectivity index (χ0) is 23.3. The second-order valence-electron chi connectivity index (χ2n) is 7.75. The summed E-state index contributed by atoms with van der Waals surface area (Å²) >= 11 is 0. The van der Waals surface area contributed by atoms with Crippen molar-refractivity contribution in [3.8, 4) is 11.1 Å². The van der Waals surface area contributed by atoms with E-state index in [1.807, 2.05) is 42.5 Å². The first-order valence-electron chi connectivity index (χ1n) is 10.3. The molecule has 2 aromatic carbocycles. The number of ether oxygens (including phenoxy) is 1. The Morgan fingerprint density at radius 3 is 2.41 bits per heavy atom. The third kappa shape index (κ3) is 5.83. The standard InChI is InChI=1S/C24H27F3N2O3/c1-16(24(25,26)27)2-9-23(28)32-21-10-11-29(13-21)22-8-7-19(12-20(22)15-31)18-5-3-17(14-30)4-6-18/h2-9,12,21,30-31H,10-11,13-15,28H2,1H3/b16-2+,23-9+/t21-/m0/s1. The van der Waals surface area contributed by atoms with Crippen LogP contribution in [-0.2, 0) is 18.0 Å². The van der Waals surface area contributed by atoms with Gasteiger partial charge in [0.25, 0.3) is 0 Å². The lowest BCUT2D eigenvalue weighted by Gasteiger charge is -2.22. The molecule has 1 atom stereocenters. The first kappa shape index (κ1) is 23.7. The molecule has 0 aromatic heterocycles. The maximum Gasteiger partial charge on any atom is 0.412 e. The number of alkyl halides is 3. The topological polar surface area (TPSA) is 79.0 Å². The Labute approximate surface area is 185 Å². The molecule has 0 amide bonds. The Bertz CT molecular complexity index is 985. The van der Waals surface area contributed by atoms with Gasteiger partial charge in [-0.05, 0) is 47.9 Å². The number of nitrogens with two attached hydrogens (primary N) is 1. The van der Waals surface area contributed by atoms with Gasteiger partial charge < -0.3 is 25.6 Å². The van der Waals surface area contributed by atoms with Gasteiger partial charge in [0.15, 0.2) is 5.88 Å². The molecule has 1 saturated heterocycles. The van der Waals surface area contributed by atoms with E-state index >= 15 is 0 Å². The second-order valence-corrected chi connectivity index (χ2v) is 7.75. The van der Waals surface area contributed by atoms with E-state index in [4.69, 9.17) is 10.5 Å². The lowest BCUT2D eigenvalue weighted by atomic mass is 10.0. The molecule has 0 aliphatic carbocycles. The minimum Gasteiger partial charge on any atom is -0.474 e. The van der Waals surface area contributed by atoms with Gasteiger partial charge in [0, 0.05) is 29.8 Å². The number of benzene rings is 2. The summed E-state index contributed by atoms with van der Waals surface area (Å²) in [6, 6.07) is 13.4. The number of anilines is 1. The highest BCUT2D eigenvalue weighted by molar-refractivity contribution is 5.69. The van der Waals surface area contributed by atoms with E-state index in [-0.39, 0.29) is 25.2 Å². The molecule has 5 nitrogen and oxygen atoms in total. The van der Waals surface area contributed by atoms with Crippen molar-refractivity contribution in [3.63, 3.8) is 0 Å². The van der Waals surface area contributed by atoms with Crippen LogP contribution in [0.15, 0.2) is 66.1 Å². The molecule has 0 unspecified atom stereocenters. The molecular weight excluding hydrogens is 421 g/mol. The zero-order valence-electron chi connectivity index (χ0n) is 17.8. The van der Waals surface area contributed by atoms with Crippen molar-refractivity contribution in [2.24, 2.45) is 5.73 Å². The number of rotatable bonds is 7. The van der Waals surface area contributed by atoms with Gasteiger partial charge in [0.2, 0.25) is 0 Å². The van der Waals surface area contributed by atoms with Gasteiger partial charge in [-0.1, -0.05) is 30.3 Å². The van der Waals surface area contributed by atoms with Crippen LogP contribution in [0.1, 0.15) is 24.5 Å². The van der Waals surface area contributed by atoms with Crippen molar-refractivity contribution in [3.05, 3.63) is 77.2 Å². The summed E-state index contributed by atoms with van der Waals surface area (Å²) in [7, 11) is 0. The maximum atomic E-state index is 12.6. The summed E-state index contributed by atoms with van der Waals surface area (Å²) in [5, 5.41) is 19.1. The van der Waals surface area contributed by atoms with Crippen LogP contribution in [0.5, 0.6) is 0 Å². The van der Waals surface area contributed by atoms with Gasteiger partial charge in [-0.2, -0.15) is 13.2 Å². The summed E-state index contributed by atoms with van der Waals surface area (Å²) < 4.78 is 43.3. The van der Waals surface area contributed by atoms with Crippen LogP contribution >= 0.6 is 0 Å². The third-order valence-corrected chi connectivity index (χ3v) is 5.45. The normalized spacial score (nSPS) is 17.7. The predicted octanol–water partition coefficient (Wildman–Crippen LogP) is 4.24. The van der Waals surface area contributed by atoms with E-state index in [1.165, 1.54) is 0 Å². The fourth-order valence-electron chi connectivity index (χ4n) is 3.58. The van der Waals surface area contributed by atoms with E-state index in [0.29, 0.717) is 19.5 Å². The molecular formula is C24H27F3N2O3. The van der Waals surface area contributed by atoms with Crippen LogP contribution in [0.4, 0.5) is 18.9 Å².